The van der Waals surface area contributed by atoms with Crippen LogP contribution < -0.4 is 16.0 Å². The highest BCUT2D eigenvalue weighted by Crippen LogP contribution is 2.35. The van der Waals surface area contributed by atoms with Crippen molar-refractivity contribution in [1.29, 1.82) is 0 Å². The van der Waals surface area contributed by atoms with Gasteiger partial charge >= 0.3 is 6.03 Å². The molecular formula is C25H29ClN4O2. The maximum Gasteiger partial charge on any atom is 0.322 e. The third-order valence-electron chi connectivity index (χ3n) is 6.34. The Balaban J connectivity index is 1.54. The van der Waals surface area contributed by atoms with Crippen molar-refractivity contribution in [2.45, 2.75) is 37.6 Å². The van der Waals surface area contributed by atoms with Crippen LogP contribution in [-0.4, -0.2) is 42.0 Å². The van der Waals surface area contributed by atoms with Crippen LogP contribution in [-0.2, 0) is 17.6 Å². The zero-order valence-corrected chi connectivity index (χ0v) is 18.9. The SMILES string of the molecule is C=CCC1(C(=O)Nc2ccc3c(c2)CCNCC3)CCCN1C(=O)Nc1ccc(Cl)cc1. The van der Waals surface area contributed by atoms with Crippen molar-refractivity contribution < 1.29 is 9.59 Å². The highest BCUT2D eigenvalue weighted by molar-refractivity contribution is 6.30. The van der Waals surface area contributed by atoms with E-state index >= 15 is 0 Å². The van der Waals surface area contributed by atoms with Gasteiger partial charge in [-0.15, -0.1) is 6.58 Å². The minimum atomic E-state index is -0.966. The van der Waals surface area contributed by atoms with Gasteiger partial charge in [0, 0.05) is 22.9 Å². The fourth-order valence-corrected chi connectivity index (χ4v) is 4.80. The maximum atomic E-state index is 13.6. The summed E-state index contributed by atoms with van der Waals surface area (Å²) in [5.74, 6) is -0.173. The molecule has 2 heterocycles. The van der Waals surface area contributed by atoms with E-state index < -0.39 is 5.54 Å². The lowest BCUT2D eigenvalue weighted by Gasteiger charge is -2.36. The van der Waals surface area contributed by atoms with Crippen molar-refractivity contribution in [3.63, 3.8) is 0 Å². The number of rotatable bonds is 5. The lowest BCUT2D eigenvalue weighted by atomic mass is 9.90. The normalized spacial score (nSPS) is 20.2. The van der Waals surface area contributed by atoms with Crippen LogP contribution in [0.3, 0.4) is 0 Å². The molecule has 1 unspecified atom stereocenters. The molecule has 1 atom stereocenters. The molecule has 4 rings (SSSR count). The largest absolute Gasteiger partial charge is 0.324 e. The number of nitrogens with zero attached hydrogens (tertiary/aromatic N) is 1. The fourth-order valence-electron chi connectivity index (χ4n) is 4.68. The molecule has 0 spiro atoms. The zero-order valence-electron chi connectivity index (χ0n) is 18.1. The van der Waals surface area contributed by atoms with Crippen molar-refractivity contribution in [2.24, 2.45) is 0 Å². The van der Waals surface area contributed by atoms with Crippen LogP contribution in [0.25, 0.3) is 0 Å². The first-order valence-electron chi connectivity index (χ1n) is 11.1. The number of anilines is 2. The van der Waals surface area contributed by atoms with E-state index in [4.69, 9.17) is 11.6 Å². The van der Waals surface area contributed by atoms with Crippen LogP contribution in [0.15, 0.2) is 55.1 Å². The number of urea groups is 1. The molecule has 0 bridgehead atoms. The van der Waals surface area contributed by atoms with Gasteiger partial charge < -0.3 is 20.9 Å². The van der Waals surface area contributed by atoms with Crippen LogP contribution in [0.1, 0.15) is 30.4 Å². The first-order chi connectivity index (χ1) is 15.5. The summed E-state index contributed by atoms with van der Waals surface area (Å²) < 4.78 is 0. The van der Waals surface area contributed by atoms with Crippen molar-refractivity contribution in [2.75, 3.05) is 30.3 Å². The molecule has 0 radical (unpaired) electrons. The third kappa shape index (κ3) is 4.66. The van der Waals surface area contributed by atoms with Gasteiger partial charge in [0.25, 0.3) is 5.91 Å². The summed E-state index contributed by atoms with van der Waals surface area (Å²) in [4.78, 5) is 28.3. The highest BCUT2D eigenvalue weighted by Gasteiger charge is 2.48. The second-order valence-electron chi connectivity index (χ2n) is 8.40. The van der Waals surface area contributed by atoms with E-state index in [-0.39, 0.29) is 11.9 Å². The van der Waals surface area contributed by atoms with E-state index in [0.29, 0.717) is 30.1 Å². The molecular weight excluding hydrogens is 424 g/mol. The Bertz CT molecular complexity index is 1010. The van der Waals surface area contributed by atoms with Crippen LogP contribution in [0.5, 0.6) is 0 Å². The molecule has 6 nitrogen and oxygen atoms in total. The number of likely N-dealkylation sites (tertiary alicyclic amines) is 1. The molecule has 0 aromatic heterocycles. The van der Waals surface area contributed by atoms with Crippen molar-refractivity contribution in [1.82, 2.24) is 10.2 Å². The second-order valence-corrected chi connectivity index (χ2v) is 8.84. The summed E-state index contributed by atoms with van der Waals surface area (Å²) in [6, 6.07) is 12.8. The van der Waals surface area contributed by atoms with Gasteiger partial charge in [-0.2, -0.15) is 0 Å². The third-order valence-corrected chi connectivity index (χ3v) is 6.59. The molecule has 32 heavy (non-hydrogen) atoms. The van der Waals surface area contributed by atoms with Crippen LogP contribution in [0.2, 0.25) is 5.02 Å². The topological polar surface area (TPSA) is 73.5 Å². The summed E-state index contributed by atoms with van der Waals surface area (Å²) in [5, 5.41) is 9.99. The zero-order chi connectivity index (χ0) is 22.6. The Labute approximate surface area is 194 Å². The summed E-state index contributed by atoms with van der Waals surface area (Å²) in [6.45, 7) is 6.27. The Morgan fingerprint density at radius 3 is 2.53 bits per heavy atom. The summed E-state index contributed by atoms with van der Waals surface area (Å²) in [5.41, 5.74) is 3.02. The molecule has 1 saturated heterocycles. The van der Waals surface area contributed by atoms with Gasteiger partial charge in [0.2, 0.25) is 0 Å². The lowest BCUT2D eigenvalue weighted by Crippen LogP contribution is -2.56. The number of fused-ring (bicyclic) bond motifs is 1. The van der Waals surface area contributed by atoms with E-state index in [1.807, 2.05) is 6.07 Å². The molecule has 3 amide bonds. The number of amides is 3. The summed E-state index contributed by atoms with van der Waals surface area (Å²) in [6.07, 6.45) is 5.38. The average Bonchev–Trinajstić information content (AvgIpc) is 3.08. The Morgan fingerprint density at radius 1 is 1.06 bits per heavy atom. The quantitative estimate of drug-likeness (QED) is 0.580. The van der Waals surface area contributed by atoms with Crippen LogP contribution in [0.4, 0.5) is 16.2 Å². The van der Waals surface area contributed by atoms with Crippen LogP contribution >= 0.6 is 11.6 Å². The number of hydrogen-bond acceptors (Lipinski definition) is 3. The van der Waals surface area contributed by atoms with Gasteiger partial charge in [-0.05, 0) is 92.7 Å². The molecule has 0 saturated carbocycles. The maximum absolute atomic E-state index is 13.6. The number of carbonyl (C=O) groups excluding carboxylic acids is 2. The summed E-state index contributed by atoms with van der Waals surface area (Å²) >= 11 is 5.94. The molecule has 2 aliphatic heterocycles. The first kappa shape index (κ1) is 22.4. The van der Waals surface area contributed by atoms with Crippen LogP contribution in [0, 0.1) is 0 Å². The summed E-state index contributed by atoms with van der Waals surface area (Å²) in [7, 11) is 0. The minimum absolute atomic E-state index is 0.173. The standard InChI is InChI=1S/C25H29ClN4O2/c1-2-12-25(13-3-16-30(25)24(32)29-21-8-5-20(26)6-9-21)23(31)28-22-7-4-18-10-14-27-15-11-19(18)17-22/h2,4-9,17,27H,1,3,10-16H2,(H,28,31)(H,29,32). The molecule has 168 valence electrons. The fraction of sp³-hybridized carbons (Fsp3) is 0.360. The number of carbonyl (C=O) groups is 2. The average molecular weight is 453 g/mol. The van der Waals surface area contributed by atoms with E-state index in [1.165, 1.54) is 11.1 Å². The molecule has 2 aromatic rings. The smallest absolute Gasteiger partial charge is 0.322 e. The van der Waals surface area contributed by atoms with Gasteiger partial charge in [-0.1, -0.05) is 23.7 Å². The predicted octanol–water partition coefficient (Wildman–Crippen LogP) is 4.61. The van der Waals surface area contributed by atoms with E-state index in [1.54, 1.807) is 35.2 Å². The van der Waals surface area contributed by atoms with E-state index in [2.05, 4.69) is 34.7 Å². The predicted molar refractivity (Wildman–Crippen MR) is 129 cm³/mol. The Hall–Kier alpha value is -2.83. The van der Waals surface area contributed by atoms with Crippen molar-refractivity contribution >= 4 is 34.9 Å². The first-order valence-corrected chi connectivity index (χ1v) is 11.5. The van der Waals surface area contributed by atoms with E-state index in [0.717, 1.165) is 38.0 Å². The number of halogens is 1. The van der Waals surface area contributed by atoms with Gasteiger partial charge in [0.1, 0.15) is 5.54 Å². The number of benzene rings is 2. The Kier molecular flexibility index (Phi) is 6.82. The second kappa shape index (κ2) is 9.76. The molecule has 0 aliphatic carbocycles. The van der Waals surface area contributed by atoms with Gasteiger partial charge in [-0.3, -0.25) is 4.79 Å². The minimum Gasteiger partial charge on any atom is -0.324 e. The molecule has 1 fully saturated rings. The van der Waals surface area contributed by atoms with Crippen molar-refractivity contribution in [3.8, 4) is 0 Å². The Morgan fingerprint density at radius 2 is 1.78 bits per heavy atom. The van der Waals surface area contributed by atoms with Gasteiger partial charge in [0.05, 0.1) is 0 Å². The molecule has 2 aliphatic rings. The molecule has 7 heteroatoms. The number of hydrogen-bond donors (Lipinski definition) is 3. The van der Waals surface area contributed by atoms with Gasteiger partial charge in [0.15, 0.2) is 0 Å². The van der Waals surface area contributed by atoms with E-state index in [9.17, 15) is 9.59 Å². The lowest BCUT2D eigenvalue weighted by molar-refractivity contribution is -0.124. The molecule has 3 N–H and O–H groups in total. The number of nitrogens with one attached hydrogen (secondary N) is 3. The highest BCUT2D eigenvalue weighted by atomic mass is 35.5. The van der Waals surface area contributed by atoms with Crippen molar-refractivity contribution in [3.05, 3.63) is 71.3 Å². The monoisotopic (exact) mass is 452 g/mol. The molecule has 2 aromatic carbocycles. The van der Waals surface area contributed by atoms with Gasteiger partial charge in [-0.25, -0.2) is 4.79 Å².